The Bertz CT molecular complexity index is 325. The second-order valence-corrected chi connectivity index (χ2v) is 4.68. The highest BCUT2D eigenvalue weighted by molar-refractivity contribution is 7.99. The maximum Gasteiger partial charge on any atom is 0.162 e. The minimum Gasteiger partial charge on any atom is -0.294 e. The molecule has 0 radical (unpaired) electrons. The highest BCUT2D eigenvalue weighted by atomic mass is 32.2. The van der Waals surface area contributed by atoms with Gasteiger partial charge < -0.3 is 0 Å². The molecule has 1 rings (SSSR count). The van der Waals surface area contributed by atoms with Crippen molar-refractivity contribution in [1.29, 1.82) is 0 Å². The number of pyridine rings is 1. The number of nitrogens with zero attached hydrogens (tertiary/aromatic N) is 1. The highest BCUT2D eigenvalue weighted by Crippen LogP contribution is 2.26. The van der Waals surface area contributed by atoms with Gasteiger partial charge in [-0.2, -0.15) is 0 Å². The van der Waals surface area contributed by atoms with E-state index in [-0.39, 0.29) is 5.78 Å². The summed E-state index contributed by atoms with van der Waals surface area (Å²) in [6.45, 7) is 5.86. The summed E-state index contributed by atoms with van der Waals surface area (Å²) in [6.07, 6.45) is 2.82. The summed E-state index contributed by atoms with van der Waals surface area (Å²) in [7, 11) is 0. The van der Waals surface area contributed by atoms with Crippen molar-refractivity contribution in [3.63, 3.8) is 0 Å². The smallest absolute Gasteiger partial charge is 0.162 e. The van der Waals surface area contributed by atoms with Gasteiger partial charge in [0.25, 0.3) is 0 Å². The van der Waals surface area contributed by atoms with Gasteiger partial charge in [-0.15, -0.1) is 11.8 Å². The van der Waals surface area contributed by atoms with E-state index in [1.54, 1.807) is 30.9 Å². The average Bonchev–Trinajstić information content (AvgIpc) is 2.18. The van der Waals surface area contributed by atoms with Crippen molar-refractivity contribution in [1.82, 2.24) is 4.98 Å². The summed E-state index contributed by atoms with van der Waals surface area (Å²) in [5.74, 6) is 0.0869. The molecule has 0 saturated carbocycles. The van der Waals surface area contributed by atoms with Gasteiger partial charge in [-0.1, -0.05) is 13.8 Å². The van der Waals surface area contributed by atoms with E-state index >= 15 is 0 Å². The molecule has 1 aromatic rings. The molecule has 1 atom stereocenters. The number of carbonyl (C=O) groups is 1. The normalized spacial score (nSPS) is 12.5. The second kappa shape index (κ2) is 5.15. The molecule has 14 heavy (non-hydrogen) atoms. The SMILES string of the molecule is CCC(C)Sc1ncccc1C(C)=O. The van der Waals surface area contributed by atoms with Crippen LogP contribution in [0, 0.1) is 0 Å². The first-order valence-electron chi connectivity index (χ1n) is 4.77. The molecule has 3 heteroatoms. The van der Waals surface area contributed by atoms with E-state index in [1.165, 1.54) is 0 Å². The number of hydrogen-bond donors (Lipinski definition) is 0. The Morgan fingerprint density at radius 1 is 1.64 bits per heavy atom. The Morgan fingerprint density at radius 2 is 2.36 bits per heavy atom. The summed E-state index contributed by atoms with van der Waals surface area (Å²) in [5.41, 5.74) is 0.734. The largest absolute Gasteiger partial charge is 0.294 e. The monoisotopic (exact) mass is 209 g/mol. The van der Waals surface area contributed by atoms with Crippen LogP contribution < -0.4 is 0 Å². The minimum atomic E-state index is 0.0869. The van der Waals surface area contributed by atoms with Crippen molar-refractivity contribution < 1.29 is 4.79 Å². The lowest BCUT2D eigenvalue weighted by Crippen LogP contribution is -2.00. The zero-order valence-electron chi connectivity index (χ0n) is 8.78. The third-order valence-electron chi connectivity index (χ3n) is 2.04. The van der Waals surface area contributed by atoms with Crippen molar-refractivity contribution in [2.75, 3.05) is 0 Å². The van der Waals surface area contributed by atoms with Gasteiger partial charge in [-0.05, 0) is 25.5 Å². The van der Waals surface area contributed by atoms with Crippen molar-refractivity contribution in [2.45, 2.75) is 37.5 Å². The lowest BCUT2D eigenvalue weighted by atomic mass is 10.2. The van der Waals surface area contributed by atoms with Gasteiger partial charge in [0.15, 0.2) is 5.78 Å². The van der Waals surface area contributed by atoms with Crippen LogP contribution in [-0.2, 0) is 0 Å². The molecule has 0 spiro atoms. The number of ketones is 1. The Labute approximate surface area is 89.1 Å². The molecule has 1 aromatic heterocycles. The van der Waals surface area contributed by atoms with Crippen LogP contribution in [0.4, 0.5) is 0 Å². The average molecular weight is 209 g/mol. The van der Waals surface area contributed by atoms with Gasteiger partial charge in [0.1, 0.15) is 5.03 Å². The second-order valence-electron chi connectivity index (χ2n) is 3.25. The zero-order chi connectivity index (χ0) is 10.6. The molecule has 2 nitrogen and oxygen atoms in total. The number of rotatable bonds is 4. The summed E-state index contributed by atoms with van der Waals surface area (Å²) < 4.78 is 0. The number of aromatic nitrogens is 1. The van der Waals surface area contributed by atoms with E-state index in [0.717, 1.165) is 17.0 Å². The molecule has 0 amide bonds. The predicted octanol–water partition coefficient (Wildman–Crippen LogP) is 3.17. The van der Waals surface area contributed by atoms with E-state index in [4.69, 9.17) is 0 Å². The van der Waals surface area contributed by atoms with Crippen molar-refractivity contribution in [3.05, 3.63) is 23.9 Å². The van der Waals surface area contributed by atoms with Crippen LogP contribution in [0.1, 0.15) is 37.6 Å². The molecule has 0 aliphatic carbocycles. The first kappa shape index (κ1) is 11.2. The van der Waals surface area contributed by atoms with E-state index in [2.05, 4.69) is 18.8 Å². The molecule has 1 unspecified atom stereocenters. The fourth-order valence-electron chi connectivity index (χ4n) is 1.03. The molecule has 0 fully saturated rings. The van der Waals surface area contributed by atoms with Gasteiger partial charge in [-0.3, -0.25) is 4.79 Å². The maximum absolute atomic E-state index is 11.3. The topological polar surface area (TPSA) is 30.0 Å². The molecule has 1 heterocycles. The number of Topliss-reactive ketones (excluding diaryl/α,β-unsaturated/α-hetero) is 1. The molecule has 0 aliphatic rings. The molecular formula is C11H15NOS. The molecular weight excluding hydrogens is 194 g/mol. The molecule has 0 aliphatic heterocycles. The molecule has 0 N–H and O–H groups in total. The summed E-state index contributed by atoms with van der Waals surface area (Å²) in [5, 5.41) is 1.36. The first-order valence-corrected chi connectivity index (χ1v) is 5.65. The predicted molar refractivity (Wildman–Crippen MR) is 59.9 cm³/mol. The van der Waals surface area contributed by atoms with Gasteiger partial charge in [0.2, 0.25) is 0 Å². The quantitative estimate of drug-likeness (QED) is 0.563. The van der Waals surface area contributed by atoms with Crippen LogP contribution in [-0.4, -0.2) is 16.0 Å². The Kier molecular flexibility index (Phi) is 4.14. The van der Waals surface area contributed by atoms with Crippen LogP contribution in [0.25, 0.3) is 0 Å². The summed E-state index contributed by atoms with van der Waals surface area (Å²) in [6, 6.07) is 3.64. The number of thioether (sulfide) groups is 1. The standard InChI is InChI=1S/C11H15NOS/c1-4-8(2)14-11-10(9(3)13)6-5-7-12-11/h5-8H,4H2,1-3H3. The fraction of sp³-hybridized carbons (Fsp3) is 0.455. The van der Waals surface area contributed by atoms with Crippen LogP contribution >= 0.6 is 11.8 Å². The van der Waals surface area contributed by atoms with Crippen molar-refractivity contribution in [3.8, 4) is 0 Å². The third-order valence-corrected chi connectivity index (χ3v) is 3.32. The summed E-state index contributed by atoms with van der Waals surface area (Å²) in [4.78, 5) is 15.5. The van der Waals surface area contributed by atoms with Crippen molar-refractivity contribution >= 4 is 17.5 Å². The van der Waals surface area contributed by atoms with E-state index in [9.17, 15) is 4.79 Å². The van der Waals surface area contributed by atoms with E-state index in [1.807, 2.05) is 6.07 Å². The lowest BCUT2D eigenvalue weighted by molar-refractivity contribution is 0.101. The minimum absolute atomic E-state index is 0.0869. The van der Waals surface area contributed by atoms with Crippen molar-refractivity contribution in [2.24, 2.45) is 0 Å². The number of carbonyl (C=O) groups excluding carboxylic acids is 1. The fourth-order valence-corrected chi connectivity index (χ4v) is 2.03. The van der Waals surface area contributed by atoms with Crippen LogP contribution in [0.3, 0.4) is 0 Å². The van der Waals surface area contributed by atoms with Crippen LogP contribution in [0.2, 0.25) is 0 Å². The number of hydrogen-bond acceptors (Lipinski definition) is 3. The Hall–Kier alpha value is -0.830. The van der Waals surface area contributed by atoms with Gasteiger partial charge in [0, 0.05) is 17.0 Å². The van der Waals surface area contributed by atoms with Crippen LogP contribution in [0.15, 0.2) is 23.4 Å². The lowest BCUT2D eigenvalue weighted by Gasteiger charge is -2.09. The summed E-state index contributed by atoms with van der Waals surface area (Å²) >= 11 is 1.67. The molecule has 0 saturated heterocycles. The van der Waals surface area contributed by atoms with E-state index in [0.29, 0.717) is 5.25 Å². The third kappa shape index (κ3) is 2.84. The van der Waals surface area contributed by atoms with Gasteiger partial charge in [-0.25, -0.2) is 4.98 Å². The highest BCUT2D eigenvalue weighted by Gasteiger charge is 2.10. The Balaban J connectivity index is 2.90. The molecule has 0 bridgehead atoms. The van der Waals surface area contributed by atoms with Gasteiger partial charge >= 0.3 is 0 Å². The van der Waals surface area contributed by atoms with E-state index < -0.39 is 0 Å². The zero-order valence-corrected chi connectivity index (χ0v) is 9.60. The maximum atomic E-state index is 11.3. The molecule has 76 valence electrons. The first-order chi connectivity index (χ1) is 6.65. The molecule has 0 aromatic carbocycles. The Morgan fingerprint density at radius 3 is 2.93 bits per heavy atom. The van der Waals surface area contributed by atoms with Crippen LogP contribution in [0.5, 0.6) is 0 Å². The van der Waals surface area contributed by atoms with Gasteiger partial charge in [0.05, 0.1) is 0 Å².